The summed E-state index contributed by atoms with van der Waals surface area (Å²) in [7, 11) is 0. The molecule has 18 nitrogen and oxygen atoms in total. The van der Waals surface area contributed by atoms with Crippen molar-refractivity contribution < 1.29 is 23.9 Å². The van der Waals surface area contributed by atoms with Crippen molar-refractivity contribution in [3.8, 4) is 0 Å². The summed E-state index contributed by atoms with van der Waals surface area (Å²) in [5, 5.41) is 19.6. The highest BCUT2D eigenvalue weighted by atomic mass is 32.2. The van der Waals surface area contributed by atoms with Crippen LogP contribution in [0.1, 0.15) is 348 Å². The molecular weight excluding hydrogens is 1180 g/mol. The lowest BCUT2D eigenvalue weighted by Gasteiger charge is -2.05. The number of hydrazine groups is 1. The second kappa shape index (κ2) is 281. The molecule has 0 aromatic carbocycles. The van der Waals surface area contributed by atoms with Gasteiger partial charge >= 0.3 is 0 Å². The molecule has 0 aromatic heterocycles. The SMILES string of the molecule is C1=CCCC1.C1=COCC1.C1=CSCC1.C1=NCNN1.C1=NCON1.C1=NNCO1.C1=NNCS1.C1=NOCO1.C1CCCCC1.C1CNN=N1.CC.CC.CC.CC.CC.CC.CC.CC.CC.CC.CC.CC.CC.CC.CC.CC.CC.CC.CC.CC. The van der Waals surface area contributed by atoms with E-state index in [1.165, 1.54) is 89.1 Å². The summed E-state index contributed by atoms with van der Waals surface area (Å²) >= 11 is 3.56. The summed E-state index contributed by atoms with van der Waals surface area (Å²) in [5.74, 6) is 2.25. The maximum absolute atomic E-state index is 4.76. The van der Waals surface area contributed by atoms with Crippen LogP contribution >= 0.6 is 23.5 Å². The Labute approximate surface area is 585 Å². The van der Waals surface area contributed by atoms with Crippen LogP contribution in [0.3, 0.4) is 0 Å². The molecule has 0 unspecified atom stereocenters. The number of nitrogens with zero attached hydrogens (tertiary/aromatic N) is 7. The summed E-state index contributed by atoms with van der Waals surface area (Å²) in [4.78, 5) is 16.1. The molecule has 0 spiro atoms. The van der Waals surface area contributed by atoms with E-state index in [9.17, 15) is 0 Å². The predicted molar refractivity (Wildman–Crippen MR) is 436 cm³/mol. The van der Waals surface area contributed by atoms with Crippen LogP contribution in [0.2, 0.25) is 0 Å². The van der Waals surface area contributed by atoms with Crippen molar-refractivity contribution in [2.24, 2.45) is 35.7 Å². The number of thioether (sulfide) groups is 2. The minimum Gasteiger partial charge on any atom is -0.501 e. The van der Waals surface area contributed by atoms with Crippen molar-refractivity contribution in [1.29, 1.82) is 0 Å². The van der Waals surface area contributed by atoms with E-state index in [0.717, 1.165) is 32.0 Å². The topological polar surface area (TPSA) is 205 Å². The van der Waals surface area contributed by atoms with Gasteiger partial charge in [0, 0.05) is 12.2 Å². The second-order valence-corrected chi connectivity index (χ2v) is 11.8. The zero-order valence-electron chi connectivity index (χ0n) is 69.5. The summed E-state index contributed by atoms with van der Waals surface area (Å²) in [6.45, 7) is 84.6. The lowest BCUT2D eigenvalue weighted by molar-refractivity contribution is 0.0595. The first kappa shape index (κ1) is 143. The Morgan fingerprint density at radius 3 is 1.01 bits per heavy atom. The predicted octanol–water partition coefficient (Wildman–Crippen LogP) is 25.4. The summed E-state index contributed by atoms with van der Waals surface area (Å²) < 4.78 is 13.7. The molecule has 1 saturated carbocycles. The molecule has 6 N–H and O–H groups in total. The van der Waals surface area contributed by atoms with Gasteiger partial charge in [0.15, 0.2) is 19.9 Å². The van der Waals surface area contributed by atoms with Gasteiger partial charge in [0.1, 0.15) is 13.0 Å². The van der Waals surface area contributed by atoms with Crippen LogP contribution in [-0.4, -0.2) is 89.3 Å². The molecule has 2 aliphatic carbocycles. The molecule has 10 rings (SSSR count). The number of ether oxygens (including phenoxy) is 3. The second-order valence-electron chi connectivity index (χ2n) is 9.98. The summed E-state index contributed by atoms with van der Waals surface area (Å²) in [5.41, 5.74) is 17.7. The van der Waals surface area contributed by atoms with Gasteiger partial charge < -0.3 is 24.5 Å². The van der Waals surface area contributed by atoms with Crippen LogP contribution in [0.25, 0.3) is 0 Å². The van der Waals surface area contributed by atoms with Crippen molar-refractivity contribution >= 4 is 54.5 Å². The van der Waals surface area contributed by atoms with Gasteiger partial charge in [-0.15, -0.1) is 16.9 Å². The first-order chi connectivity index (χ1) is 45.5. The zero-order valence-corrected chi connectivity index (χ0v) is 71.1. The highest BCUT2D eigenvalue weighted by molar-refractivity contribution is 8.12. The monoisotopic (exact) mass is 1360 g/mol. The molecule has 0 bridgehead atoms. The Bertz CT molecular complexity index is 741. The van der Waals surface area contributed by atoms with Crippen LogP contribution in [0.5, 0.6) is 0 Å². The largest absolute Gasteiger partial charge is 0.501 e. The Morgan fingerprint density at radius 2 is 0.901 bits per heavy atom. The fourth-order valence-corrected chi connectivity index (χ4v) is 4.57. The van der Waals surface area contributed by atoms with Gasteiger partial charge in [0.2, 0.25) is 6.40 Å². The van der Waals surface area contributed by atoms with Gasteiger partial charge in [-0.3, -0.25) is 31.6 Å². The van der Waals surface area contributed by atoms with Gasteiger partial charge in [-0.05, 0) is 37.2 Å². The van der Waals surface area contributed by atoms with Crippen molar-refractivity contribution in [2.45, 2.75) is 348 Å². The molecule has 0 aromatic rings. The highest BCUT2D eigenvalue weighted by Gasteiger charge is 1.95. The van der Waals surface area contributed by atoms with Crippen molar-refractivity contribution in [3.63, 3.8) is 0 Å². The van der Waals surface area contributed by atoms with Gasteiger partial charge in [0.05, 0.1) is 43.7 Å². The van der Waals surface area contributed by atoms with Gasteiger partial charge in [-0.25, -0.2) is 10.4 Å². The summed E-state index contributed by atoms with van der Waals surface area (Å²) in [6, 6.07) is 0. The number of nitrogens with one attached hydrogen (secondary N) is 6. The molecule has 568 valence electrons. The molecule has 20 heteroatoms. The Balaban J connectivity index is -0.0000000323. The van der Waals surface area contributed by atoms with Gasteiger partial charge in [-0.2, -0.15) is 10.2 Å². The van der Waals surface area contributed by atoms with Gasteiger partial charge in [-0.1, -0.05) is 356 Å². The third-order valence-electron chi connectivity index (χ3n) is 5.90. The molecule has 8 aliphatic heterocycles. The fraction of sp³-hybridized carbons (Fsp3) is 0.845. The maximum atomic E-state index is 4.76. The van der Waals surface area contributed by atoms with E-state index < -0.39 is 0 Å². The van der Waals surface area contributed by atoms with Crippen LogP contribution < -0.4 is 32.6 Å². The molecular formula is C71H177N13O5S2. The van der Waals surface area contributed by atoms with E-state index in [4.69, 9.17) is 4.74 Å². The van der Waals surface area contributed by atoms with Crippen LogP contribution in [0, 0.1) is 0 Å². The van der Waals surface area contributed by atoms with E-state index in [1.807, 2.05) is 295 Å². The number of oxime groups is 1. The Hall–Kier alpha value is -4.01. The average Bonchev–Trinajstić information content (AvgIpc) is 4.53. The van der Waals surface area contributed by atoms with E-state index in [1.54, 1.807) is 29.9 Å². The number of hydrogen-bond donors (Lipinski definition) is 6. The van der Waals surface area contributed by atoms with Crippen molar-refractivity contribution in [1.82, 2.24) is 32.6 Å². The number of hydrogen-bond acceptors (Lipinski definition) is 20. The van der Waals surface area contributed by atoms with Crippen LogP contribution in [-0.2, 0) is 23.9 Å². The van der Waals surface area contributed by atoms with E-state index in [-0.39, 0.29) is 6.79 Å². The van der Waals surface area contributed by atoms with Gasteiger partial charge in [0.25, 0.3) is 6.79 Å². The highest BCUT2D eigenvalue weighted by Crippen LogP contribution is 2.15. The minimum atomic E-state index is 0.278. The van der Waals surface area contributed by atoms with Crippen molar-refractivity contribution in [3.05, 3.63) is 36.0 Å². The maximum Gasteiger partial charge on any atom is 0.257 e. The molecule has 0 saturated heterocycles. The third-order valence-corrected chi connectivity index (χ3v) is 7.31. The van der Waals surface area contributed by atoms with E-state index in [2.05, 4.69) is 111 Å². The minimum absolute atomic E-state index is 0.278. The molecule has 0 radical (unpaired) electrons. The quantitative estimate of drug-likeness (QED) is 0.125. The van der Waals surface area contributed by atoms with Crippen molar-refractivity contribution in [2.75, 3.05) is 58.2 Å². The molecule has 10 aliphatic rings. The average molecular weight is 1360 g/mol. The Morgan fingerprint density at radius 1 is 0.418 bits per heavy atom. The number of hydroxylamine groups is 1. The normalized spacial score (nSPS) is 12.4. The lowest BCUT2D eigenvalue weighted by atomic mass is 10.0. The third kappa shape index (κ3) is 275. The molecule has 0 amide bonds. The zero-order chi connectivity index (χ0) is 76.1. The number of rotatable bonds is 0. The molecule has 0 atom stereocenters. The molecule has 1 fully saturated rings. The first-order valence-corrected chi connectivity index (χ1v) is 39.2. The van der Waals surface area contributed by atoms with E-state index in [0.29, 0.717) is 20.1 Å². The smallest absolute Gasteiger partial charge is 0.257 e. The molecule has 91 heavy (non-hydrogen) atoms. The number of aliphatic imine (C=N–C) groups is 2. The standard InChI is InChI=1S/C6H12.C5H8.C4H6O.C4H6S.2C2H5N3.2C2H4N2O.C2H4N2S.C2H3NO2.20C2H6/c1-2-4-6-5-3-1;3*1-2-4-5-3-1;1-3-2-5-4-1;1-2-4-5-3-1;1-3-4-2-5-1;1-3-2-5-4-1;1-3-4-2-5-1;1-3-5-2-4-1;20*1-2/h1-6H2;1-2H,3-5H2;2*1,3H,2,4H2;1,5H,2H2,(H,3,4);1-2H2,(H,3,4);1,4H,2H2;1H,2H2,(H,3,4);1,4H,2H2;1H,2H2;20*1-2H3. The summed E-state index contributed by atoms with van der Waals surface area (Å²) in [6.07, 6.45) is 31.6. The number of allylic oxidation sites excluding steroid dienone is 3. The first-order valence-electron chi connectivity index (χ1n) is 37.1. The van der Waals surface area contributed by atoms with Crippen LogP contribution in [0.4, 0.5) is 0 Å². The fourth-order valence-electron chi connectivity index (χ4n) is 3.52. The Kier molecular flexibility index (Phi) is 443. The molecule has 8 heterocycles. The number of hydrazone groups is 2. The van der Waals surface area contributed by atoms with E-state index >= 15 is 0 Å². The lowest BCUT2D eigenvalue weighted by Crippen LogP contribution is -2.22. The van der Waals surface area contributed by atoms with Crippen LogP contribution in [0.15, 0.2) is 71.7 Å².